The van der Waals surface area contributed by atoms with Crippen LogP contribution < -0.4 is 0 Å². The zero-order valence-corrected chi connectivity index (χ0v) is 9.07. The van der Waals surface area contributed by atoms with Crippen molar-refractivity contribution < 1.29 is 19.0 Å². The molecule has 2 rings (SSSR count). The van der Waals surface area contributed by atoms with Gasteiger partial charge in [-0.15, -0.1) is 0 Å². The van der Waals surface area contributed by atoms with Gasteiger partial charge in [0.15, 0.2) is 0 Å². The summed E-state index contributed by atoms with van der Waals surface area (Å²) in [5.41, 5.74) is -0.501. The Morgan fingerprint density at radius 2 is 1.71 bits per heavy atom. The van der Waals surface area contributed by atoms with E-state index >= 15 is 0 Å². The lowest BCUT2D eigenvalue weighted by molar-refractivity contribution is -0.182. The molecule has 2 aliphatic rings. The first-order chi connectivity index (χ1) is 6.42. The lowest BCUT2D eigenvalue weighted by atomic mass is 9.57. The minimum absolute atomic E-state index is 0.0658. The molecule has 0 spiro atoms. The van der Waals surface area contributed by atoms with Crippen LogP contribution in [0.4, 0.5) is 0 Å². The molecule has 1 radical (unpaired) electrons. The summed E-state index contributed by atoms with van der Waals surface area (Å²) in [5.74, 6) is 0. The van der Waals surface area contributed by atoms with Crippen LogP contribution >= 0.6 is 0 Å². The Bertz CT molecular complexity index is 209. The van der Waals surface area contributed by atoms with Crippen molar-refractivity contribution in [2.75, 3.05) is 6.61 Å². The summed E-state index contributed by atoms with van der Waals surface area (Å²) in [5, 5.41) is 0. The van der Waals surface area contributed by atoms with E-state index in [4.69, 9.17) is 19.0 Å². The average molecular weight is 197 g/mol. The summed E-state index contributed by atoms with van der Waals surface area (Å²) in [6.45, 7) is 8.62. The predicted molar refractivity (Wildman–Crippen MR) is 52.6 cm³/mol. The van der Waals surface area contributed by atoms with Crippen molar-refractivity contribution >= 4 is 14.6 Å². The Labute approximate surface area is 85.6 Å². The highest BCUT2D eigenvalue weighted by Gasteiger charge is 2.54. The van der Waals surface area contributed by atoms with Crippen molar-refractivity contribution in [3.8, 4) is 0 Å². The van der Waals surface area contributed by atoms with Crippen molar-refractivity contribution in [1.29, 1.82) is 0 Å². The molecule has 14 heavy (non-hydrogen) atoms. The first-order valence-electron chi connectivity index (χ1n) is 4.90. The fourth-order valence-corrected chi connectivity index (χ4v) is 1.47. The van der Waals surface area contributed by atoms with Crippen molar-refractivity contribution in [2.24, 2.45) is 0 Å². The number of rotatable bonds is 1. The minimum atomic E-state index is -0.284. The van der Waals surface area contributed by atoms with E-state index in [1.54, 1.807) is 7.48 Å². The average Bonchev–Trinajstić information content (AvgIpc) is 2.58. The standard InChI is InChI=1S/C8H15B2O4/c1-7(2)8(3,4)13-10(12-7)6-5-11-14-9-6/h6H,5H2,1-4H3. The van der Waals surface area contributed by atoms with Gasteiger partial charge in [-0.2, -0.15) is 0 Å². The smallest absolute Gasteiger partial charge is 0.403 e. The summed E-state index contributed by atoms with van der Waals surface area (Å²) in [7, 11) is 1.37. The predicted octanol–water partition coefficient (Wildman–Crippen LogP) is 0.987. The summed E-state index contributed by atoms with van der Waals surface area (Å²) in [4.78, 5) is 9.51. The second-order valence-corrected chi connectivity index (χ2v) is 4.81. The summed E-state index contributed by atoms with van der Waals surface area (Å²) < 4.78 is 11.7. The minimum Gasteiger partial charge on any atom is -0.403 e. The molecule has 0 amide bonds. The largest absolute Gasteiger partial charge is 0.458 e. The molecule has 6 heteroatoms. The van der Waals surface area contributed by atoms with Gasteiger partial charge in [0.05, 0.1) is 17.8 Å². The molecule has 0 bridgehead atoms. The maximum Gasteiger partial charge on any atom is 0.458 e. The highest BCUT2D eigenvalue weighted by atomic mass is 17.2. The molecular formula is C8H15B2O4. The van der Waals surface area contributed by atoms with Gasteiger partial charge < -0.3 is 14.1 Å². The molecule has 0 aromatic carbocycles. The first-order valence-corrected chi connectivity index (χ1v) is 4.90. The lowest BCUT2D eigenvalue weighted by Gasteiger charge is -2.32. The van der Waals surface area contributed by atoms with E-state index in [0.29, 0.717) is 6.61 Å². The van der Waals surface area contributed by atoms with Crippen molar-refractivity contribution in [3.05, 3.63) is 0 Å². The first kappa shape index (κ1) is 10.5. The van der Waals surface area contributed by atoms with Crippen LogP contribution in [0.5, 0.6) is 0 Å². The van der Waals surface area contributed by atoms with Gasteiger partial charge in [0, 0.05) is 5.72 Å². The van der Waals surface area contributed by atoms with Crippen LogP contribution in [0.1, 0.15) is 27.7 Å². The SMILES string of the molecule is CC1(C)OB(C2[B]OOC2)OC1(C)C. The molecule has 2 saturated heterocycles. The molecule has 2 heterocycles. The molecule has 0 N–H and O–H groups in total. The molecule has 2 aliphatic heterocycles. The zero-order chi connectivity index (χ0) is 10.4. The number of hydrogen-bond donors (Lipinski definition) is 0. The van der Waals surface area contributed by atoms with Gasteiger partial charge in [0.1, 0.15) is 0 Å². The summed E-state index contributed by atoms with van der Waals surface area (Å²) in [6, 6.07) is 0. The maximum absolute atomic E-state index is 5.83. The van der Waals surface area contributed by atoms with E-state index in [1.165, 1.54) is 0 Å². The van der Waals surface area contributed by atoms with E-state index < -0.39 is 0 Å². The highest BCUT2D eigenvalue weighted by Crippen LogP contribution is 2.40. The molecule has 0 aliphatic carbocycles. The van der Waals surface area contributed by atoms with Crippen molar-refractivity contribution in [1.82, 2.24) is 0 Å². The zero-order valence-electron chi connectivity index (χ0n) is 9.07. The normalized spacial score (nSPS) is 34.6. The molecule has 0 aromatic heterocycles. The highest BCUT2D eigenvalue weighted by molar-refractivity contribution is 6.62. The molecule has 2 fully saturated rings. The Morgan fingerprint density at radius 3 is 2.14 bits per heavy atom. The monoisotopic (exact) mass is 197 g/mol. The summed E-state index contributed by atoms with van der Waals surface area (Å²) in [6.07, 6.45) is 0. The van der Waals surface area contributed by atoms with Crippen LogP contribution in [0.15, 0.2) is 0 Å². The third kappa shape index (κ3) is 1.60. The maximum atomic E-state index is 5.83. The lowest BCUT2D eigenvalue weighted by Crippen LogP contribution is -2.41. The van der Waals surface area contributed by atoms with E-state index in [0.717, 1.165) is 0 Å². The molecule has 1 unspecified atom stereocenters. The molecular weight excluding hydrogens is 182 g/mol. The van der Waals surface area contributed by atoms with E-state index in [1.807, 2.05) is 27.7 Å². The van der Waals surface area contributed by atoms with Gasteiger partial charge in [-0.05, 0) is 27.7 Å². The molecule has 77 valence electrons. The van der Waals surface area contributed by atoms with E-state index in [9.17, 15) is 0 Å². The third-order valence-corrected chi connectivity index (χ3v) is 3.18. The quantitative estimate of drug-likeness (QED) is 0.463. The van der Waals surface area contributed by atoms with Gasteiger partial charge in [-0.3, -0.25) is 4.89 Å². The van der Waals surface area contributed by atoms with Crippen LogP contribution in [0.25, 0.3) is 0 Å². The fourth-order valence-electron chi connectivity index (χ4n) is 1.47. The second kappa shape index (κ2) is 3.23. The number of hydrogen-bond acceptors (Lipinski definition) is 4. The van der Waals surface area contributed by atoms with E-state index in [2.05, 4.69) is 0 Å². The van der Waals surface area contributed by atoms with Gasteiger partial charge >= 0.3 is 14.6 Å². The second-order valence-electron chi connectivity index (χ2n) is 4.81. The Kier molecular flexibility index (Phi) is 2.42. The van der Waals surface area contributed by atoms with Crippen molar-refractivity contribution in [3.63, 3.8) is 0 Å². The van der Waals surface area contributed by atoms with Gasteiger partial charge in [0.25, 0.3) is 0 Å². The van der Waals surface area contributed by atoms with Crippen LogP contribution in [0.2, 0.25) is 5.72 Å². The molecule has 0 saturated carbocycles. The van der Waals surface area contributed by atoms with Crippen molar-refractivity contribution in [2.45, 2.75) is 44.6 Å². The third-order valence-electron chi connectivity index (χ3n) is 3.18. The van der Waals surface area contributed by atoms with Gasteiger partial charge in [-0.1, -0.05) is 0 Å². The van der Waals surface area contributed by atoms with Crippen LogP contribution in [-0.4, -0.2) is 32.4 Å². The molecule has 4 nitrogen and oxygen atoms in total. The van der Waals surface area contributed by atoms with Crippen LogP contribution in [0, 0.1) is 0 Å². The summed E-state index contributed by atoms with van der Waals surface area (Å²) >= 11 is 0. The molecule has 0 aromatic rings. The van der Waals surface area contributed by atoms with E-state index in [-0.39, 0.29) is 24.0 Å². The fraction of sp³-hybridized carbons (Fsp3) is 1.00. The van der Waals surface area contributed by atoms with Gasteiger partial charge in [0.2, 0.25) is 0 Å². The molecule has 1 atom stereocenters. The Hall–Kier alpha value is -0.0301. The van der Waals surface area contributed by atoms with Gasteiger partial charge in [-0.25, -0.2) is 0 Å². The van der Waals surface area contributed by atoms with Crippen LogP contribution in [0.3, 0.4) is 0 Å². The van der Waals surface area contributed by atoms with Crippen LogP contribution in [-0.2, 0) is 19.0 Å². The Balaban J connectivity index is 2.05. The Morgan fingerprint density at radius 1 is 1.14 bits per heavy atom. The topological polar surface area (TPSA) is 36.9 Å².